The van der Waals surface area contributed by atoms with Crippen molar-refractivity contribution >= 4 is 5.91 Å². The van der Waals surface area contributed by atoms with Crippen molar-refractivity contribution in [2.24, 2.45) is 5.92 Å². The summed E-state index contributed by atoms with van der Waals surface area (Å²) in [5.74, 6) is 1.87. The Morgan fingerprint density at radius 2 is 2.10 bits per heavy atom. The third-order valence-electron chi connectivity index (χ3n) is 3.98. The van der Waals surface area contributed by atoms with Gasteiger partial charge in [-0.2, -0.15) is 0 Å². The number of benzene rings is 1. The summed E-state index contributed by atoms with van der Waals surface area (Å²) in [6.45, 7) is 1.74. The van der Waals surface area contributed by atoms with Gasteiger partial charge >= 0.3 is 0 Å². The normalized spacial score (nSPS) is 17.9. The van der Waals surface area contributed by atoms with Crippen LogP contribution in [0.5, 0.6) is 11.5 Å². The molecule has 5 heteroatoms. The van der Waals surface area contributed by atoms with Gasteiger partial charge in [0.15, 0.2) is 11.5 Å². The lowest BCUT2D eigenvalue weighted by Gasteiger charge is -2.17. The number of carbonyl (C=O) groups is 1. The second-order valence-electron chi connectivity index (χ2n) is 5.37. The Morgan fingerprint density at radius 1 is 1.33 bits per heavy atom. The van der Waals surface area contributed by atoms with Crippen molar-refractivity contribution in [3.63, 3.8) is 0 Å². The highest BCUT2D eigenvalue weighted by Gasteiger charge is 2.25. The molecule has 1 amide bonds. The molecule has 2 rings (SSSR count). The summed E-state index contributed by atoms with van der Waals surface area (Å²) >= 11 is 0. The minimum atomic E-state index is 0.127. The Hall–Kier alpha value is -1.75. The highest BCUT2D eigenvalue weighted by atomic mass is 16.5. The van der Waals surface area contributed by atoms with Gasteiger partial charge in [-0.05, 0) is 36.5 Å². The molecule has 1 N–H and O–H groups in total. The van der Waals surface area contributed by atoms with E-state index in [2.05, 4.69) is 0 Å². The highest BCUT2D eigenvalue weighted by molar-refractivity contribution is 5.79. The number of aliphatic hydroxyl groups excluding tert-OH is 1. The van der Waals surface area contributed by atoms with E-state index in [0.29, 0.717) is 23.8 Å². The maximum Gasteiger partial charge on any atom is 0.227 e. The zero-order chi connectivity index (χ0) is 15.2. The molecule has 1 saturated heterocycles. The van der Waals surface area contributed by atoms with Gasteiger partial charge in [-0.3, -0.25) is 4.79 Å². The zero-order valence-corrected chi connectivity index (χ0v) is 12.7. The third kappa shape index (κ3) is 3.88. The van der Waals surface area contributed by atoms with E-state index < -0.39 is 0 Å². The van der Waals surface area contributed by atoms with Crippen LogP contribution in [0.25, 0.3) is 0 Å². The zero-order valence-electron chi connectivity index (χ0n) is 12.7. The summed E-state index contributed by atoms with van der Waals surface area (Å²) in [4.78, 5) is 14.2. The van der Waals surface area contributed by atoms with Crippen molar-refractivity contribution in [3.05, 3.63) is 23.8 Å². The summed E-state index contributed by atoms with van der Waals surface area (Å²) in [6, 6.07) is 5.55. The molecular weight excluding hydrogens is 270 g/mol. The monoisotopic (exact) mass is 293 g/mol. The molecule has 0 aromatic heterocycles. The molecule has 0 spiro atoms. The molecule has 0 saturated carbocycles. The number of nitrogens with zero attached hydrogens (tertiary/aromatic N) is 1. The minimum absolute atomic E-state index is 0.127. The van der Waals surface area contributed by atoms with Crippen LogP contribution in [0.1, 0.15) is 18.4 Å². The molecule has 1 atom stereocenters. The number of carbonyl (C=O) groups excluding carboxylic acids is 1. The van der Waals surface area contributed by atoms with Gasteiger partial charge in [0.1, 0.15) is 0 Å². The summed E-state index contributed by atoms with van der Waals surface area (Å²) < 4.78 is 10.4. The van der Waals surface area contributed by atoms with Crippen molar-refractivity contribution in [1.82, 2.24) is 4.90 Å². The van der Waals surface area contributed by atoms with Crippen molar-refractivity contribution in [2.75, 3.05) is 33.9 Å². The second-order valence-corrected chi connectivity index (χ2v) is 5.37. The van der Waals surface area contributed by atoms with E-state index >= 15 is 0 Å². The van der Waals surface area contributed by atoms with Crippen LogP contribution >= 0.6 is 0 Å². The Morgan fingerprint density at radius 3 is 2.76 bits per heavy atom. The fourth-order valence-corrected chi connectivity index (χ4v) is 2.75. The first-order valence-corrected chi connectivity index (χ1v) is 7.27. The topological polar surface area (TPSA) is 59.0 Å². The van der Waals surface area contributed by atoms with E-state index in [9.17, 15) is 4.79 Å². The fraction of sp³-hybridized carbons (Fsp3) is 0.562. The fourth-order valence-electron chi connectivity index (χ4n) is 2.75. The van der Waals surface area contributed by atoms with E-state index in [0.717, 1.165) is 31.5 Å². The lowest BCUT2D eigenvalue weighted by molar-refractivity contribution is -0.129. The first-order chi connectivity index (χ1) is 10.2. The van der Waals surface area contributed by atoms with Gasteiger partial charge in [-0.15, -0.1) is 0 Å². The average molecular weight is 293 g/mol. The molecule has 1 aromatic carbocycles. The highest BCUT2D eigenvalue weighted by Crippen LogP contribution is 2.28. The Balaban J connectivity index is 1.97. The van der Waals surface area contributed by atoms with Gasteiger partial charge < -0.3 is 19.5 Å². The van der Waals surface area contributed by atoms with E-state index in [4.69, 9.17) is 14.6 Å². The van der Waals surface area contributed by atoms with E-state index in [1.165, 1.54) is 0 Å². The third-order valence-corrected chi connectivity index (χ3v) is 3.98. The van der Waals surface area contributed by atoms with Crippen molar-refractivity contribution < 1.29 is 19.4 Å². The lowest BCUT2D eigenvalue weighted by Crippen LogP contribution is -2.30. The minimum Gasteiger partial charge on any atom is -0.493 e. The standard InChI is InChI=1S/C16H23NO4/c1-20-14-4-3-13(9-15(14)21-2)10-16(19)17-7-5-12(11-17)6-8-18/h3-4,9,12,18H,5-8,10-11H2,1-2H3. The number of aliphatic hydroxyl groups is 1. The number of methoxy groups -OCH3 is 2. The second kappa shape index (κ2) is 7.31. The molecule has 21 heavy (non-hydrogen) atoms. The van der Waals surface area contributed by atoms with Gasteiger partial charge in [0, 0.05) is 19.7 Å². The van der Waals surface area contributed by atoms with Gasteiger partial charge in [0.05, 0.1) is 20.6 Å². The molecule has 1 aromatic rings. The molecule has 0 bridgehead atoms. The summed E-state index contributed by atoms with van der Waals surface area (Å²) in [7, 11) is 3.18. The molecule has 1 aliphatic rings. The van der Waals surface area contributed by atoms with Crippen LogP contribution in [-0.4, -0.2) is 49.8 Å². The quantitative estimate of drug-likeness (QED) is 0.863. The van der Waals surface area contributed by atoms with Crippen LogP contribution in [0, 0.1) is 5.92 Å². The molecule has 1 heterocycles. The van der Waals surface area contributed by atoms with E-state index in [1.807, 2.05) is 23.1 Å². The summed E-state index contributed by atoms with van der Waals surface area (Å²) in [5.41, 5.74) is 0.920. The molecule has 1 fully saturated rings. The molecule has 0 aliphatic carbocycles. The molecule has 1 aliphatic heterocycles. The number of amides is 1. The average Bonchev–Trinajstić information content (AvgIpc) is 2.96. The molecule has 5 nitrogen and oxygen atoms in total. The van der Waals surface area contributed by atoms with Crippen molar-refractivity contribution in [1.29, 1.82) is 0 Å². The SMILES string of the molecule is COc1ccc(CC(=O)N2CCC(CCO)C2)cc1OC. The van der Waals surface area contributed by atoms with Crippen LogP contribution in [-0.2, 0) is 11.2 Å². The van der Waals surface area contributed by atoms with Crippen LogP contribution in [0.3, 0.4) is 0 Å². The molecule has 1 unspecified atom stereocenters. The molecular formula is C16H23NO4. The van der Waals surface area contributed by atoms with Crippen molar-refractivity contribution in [3.8, 4) is 11.5 Å². The lowest BCUT2D eigenvalue weighted by atomic mass is 10.1. The van der Waals surface area contributed by atoms with Gasteiger partial charge in [0.2, 0.25) is 5.91 Å². The van der Waals surface area contributed by atoms with Gasteiger partial charge in [0.25, 0.3) is 0 Å². The number of ether oxygens (including phenoxy) is 2. The summed E-state index contributed by atoms with van der Waals surface area (Å²) in [5, 5.41) is 8.96. The van der Waals surface area contributed by atoms with Crippen LogP contribution in [0.4, 0.5) is 0 Å². The number of hydrogen-bond donors (Lipinski definition) is 1. The Labute approximate surface area is 125 Å². The van der Waals surface area contributed by atoms with Crippen LogP contribution in [0.2, 0.25) is 0 Å². The summed E-state index contributed by atoms with van der Waals surface area (Å²) in [6.07, 6.45) is 2.13. The first kappa shape index (κ1) is 15.6. The van der Waals surface area contributed by atoms with Gasteiger partial charge in [-0.1, -0.05) is 6.07 Å². The largest absolute Gasteiger partial charge is 0.493 e. The van der Waals surface area contributed by atoms with Crippen molar-refractivity contribution in [2.45, 2.75) is 19.3 Å². The predicted octanol–water partition coefficient (Wildman–Crippen LogP) is 1.48. The Bertz CT molecular complexity index is 489. The van der Waals surface area contributed by atoms with Gasteiger partial charge in [-0.25, -0.2) is 0 Å². The Kier molecular flexibility index (Phi) is 5.44. The number of hydrogen-bond acceptors (Lipinski definition) is 4. The van der Waals surface area contributed by atoms with E-state index in [-0.39, 0.29) is 12.5 Å². The maximum absolute atomic E-state index is 12.3. The molecule has 116 valence electrons. The predicted molar refractivity (Wildman–Crippen MR) is 79.6 cm³/mol. The smallest absolute Gasteiger partial charge is 0.227 e. The number of rotatable bonds is 6. The van der Waals surface area contributed by atoms with Crippen LogP contribution in [0.15, 0.2) is 18.2 Å². The van der Waals surface area contributed by atoms with Crippen LogP contribution < -0.4 is 9.47 Å². The molecule has 0 radical (unpaired) electrons. The number of likely N-dealkylation sites (tertiary alicyclic amines) is 1. The first-order valence-electron chi connectivity index (χ1n) is 7.27. The maximum atomic E-state index is 12.3. The van der Waals surface area contributed by atoms with E-state index in [1.54, 1.807) is 14.2 Å².